The topological polar surface area (TPSA) is 34.1 Å². The van der Waals surface area contributed by atoms with Gasteiger partial charge in [-0.05, 0) is 0 Å². The Bertz CT molecular complexity index is 888. The van der Waals surface area contributed by atoms with Crippen molar-refractivity contribution in [2.24, 2.45) is 0 Å². The van der Waals surface area contributed by atoms with Crippen LogP contribution < -0.4 is 0 Å². The quantitative estimate of drug-likeness (QED) is 0.385. The van der Waals surface area contributed by atoms with Crippen LogP contribution in [-0.2, 0) is 0 Å². The Morgan fingerprint density at radius 2 is 0.769 bits per heavy atom. The first-order valence-corrected chi connectivity index (χ1v) is 7.49. The van der Waals surface area contributed by atoms with Gasteiger partial charge in [0.1, 0.15) is 11.1 Å². The van der Waals surface area contributed by atoms with Gasteiger partial charge in [0.05, 0.1) is 0 Å². The Balaban J connectivity index is 2.18. The molecule has 0 aliphatic heterocycles. The van der Waals surface area contributed by atoms with E-state index in [9.17, 15) is 27.2 Å². The highest BCUT2D eigenvalue weighted by Gasteiger charge is 2.32. The van der Waals surface area contributed by atoms with E-state index < -0.39 is 46.0 Å². The third kappa shape index (κ3) is 2.90. The summed E-state index contributed by atoms with van der Waals surface area (Å²) < 4.78 is 57.4. The molecule has 3 aromatic carbocycles. The molecule has 0 bridgehead atoms. The van der Waals surface area contributed by atoms with Gasteiger partial charge in [-0.15, -0.1) is 0 Å². The van der Waals surface area contributed by atoms with Gasteiger partial charge in [-0.25, -0.2) is 17.6 Å². The maximum Gasteiger partial charge on any atom is 0.199 e. The number of rotatable bonds is 4. The van der Waals surface area contributed by atoms with Crippen molar-refractivity contribution in [2.75, 3.05) is 0 Å². The highest BCUT2D eigenvalue weighted by molar-refractivity contribution is 6.12. The summed E-state index contributed by atoms with van der Waals surface area (Å²) in [5.74, 6) is -10.1. The first-order valence-electron chi connectivity index (χ1n) is 7.49. The normalized spacial score (nSPS) is 10.6. The second-order valence-electron chi connectivity index (χ2n) is 5.40. The zero-order valence-electron chi connectivity index (χ0n) is 13.1. The van der Waals surface area contributed by atoms with Gasteiger partial charge < -0.3 is 0 Å². The summed E-state index contributed by atoms with van der Waals surface area (Å²) in [6.45, 7) is 0. The number of carbonyl (C=O) groups excluding carboxylic acids is 2. The maximum absolute atomic E-state index is 14.4. The van der Waals surface area contributed by atoms with Gasteiger partial charge in [0.15, 0.2) is 34.8 Å². The van der Waals surface area contributed by atoms with Gasteiger partial charge >= 0.3 is 0 Å². The van der Waals surface area contributed by atoms with Crippen LogP contribution >= 0.6 is 0 Å². The smallest absolute Gasteiger partial charge is 0.199 e. The lowest BCUT2D eigenvalue weighted by Crippen LogP contribution is -2.17. The van der Waals surface area contributed by atoms with Crippen LogP contribution in [0.25, 0.3) is 0 Å². The number of hydrogen-bond acceptors (Lipinski definition) is 2. The van der Waals surface area contributed by atoms with Gasteiger partial charge in [-0.3, -0.25) is 9.59 Å². The van der Waals surface area contributed by atoms with E-state index in [4.69, 9.17) is 0 Å². The predicted molar refractivity (Wildman–Crippen MR) is 86.0 cm³/mol. The Hall–Kier alpha value is -3.28. The highest BCUT2D eigenvalue weighted by Crippen LogP contribution is 2.28. The van der Waals surface area contributed by atoms with Crippen molar-refractivity contribution < 1.29 is 27.2 Å². The van der Waals surface area contributed by atoms with Gasteiger partial charge in [-0.1, -0.05) is 60.7 Å². The molecule has 0 aliphatic rings. The van der Waals surface area contributed by atoms with Crippen LogP contribution in [0.5, 0.6) is 0 Å². The molecule has 0 fully saturated rings. The molecule has 0 unspecified atom stereocenters. The number of ketones is 2. The van der Waals surface area contributed by atoms with Crippen LogP contribution in [0, 0.1) is 23.3 Å². The summed E-state index contributed by atoms with van der Waals surface area (Å²) in [5, 5.41) is 0. The first kappa shape index (κ1) is 17.5. The summed E-state index contributed by atoms with van der Waals surface area (Å²) >= 11 is 0. The molecular formula is C20H10F4O2. The van der Waals surface area contributed by atoms with Crippen molar-refractivity contribution in [2.45, 2.75) is 0 Å². The third-order valence-electron chi connectivity index (χ3n) is 3.79. The number of halogens is 4. The lowest BCUT2D eigenvalue weighted by molar-refractivity contribution is 0.101. The van der Waals surface area contributed by atoms with Crippen LogP contribution in [0.15, 0.2) is 60.7 Å². The van der Waals surface area contributed by atoms with E-state index in [1.807, 2.05) is 0 Å². The molecule has 0 saturated carbocycles. The van der Waals surface area contributed by atoms with E-state index in [1.54, 1.807) is 12.1 Å². The zero-order valence-corrected chi connectivity index (χ0v) is 13.1. The fourth-order valence-electron chi connectivity index (χ4n) is 2.50. The molecule has 6 heteroatoms. The second kappa shape index (κ2) is 6.92. The van der Waals surface area contributed by atoms with E-state index >= 15 is 0 Å². The summed E-state index contributed by atoms with van der Waals surface area (Å²) in [4.78, 5) is 24.5. The molecule has 0 aliphatic carbocycles. The summed E-state index contributed by atoms with van der Waals surface area (Å²) in [6.07, 6.45) is 0. The number of hydrogen-bond donors (Lipinski definition) is 0. The molecule has 0 saturated heterocycles. The summed E-state index contributed by atoms with van der Waals surface area (Å²) in [5.41, 5.74) is -3.05. The van der Waals surface area contributed by atoms with Gasteiger partial charge in [-0.2, -0.15) is 0 Å². The minimum atomic E-state index is -1.91. The lowest BCUT2D eigenvalue weighted by Gasteiger charge is -2.11. The predicted octanol–water partition coefficient (Wildman–Crippen LogP) is 4.71. The highest BCUT2D eigenvalue weighted by atomic mass is 19.2. The minimum Gasteiger partial charge on any atom is -0.288 e. The van der Waals surface area contributed by atoms with E-state index in [-0.39, 0.29) is 11.1 Å². The van der Waals surface area contributed by atoms with Crippen molar-refractivity contribution in [1.82, 2.24) is 0 Å². The van der Waals surface area contributed by atoms with E-state index in [0.29, 0.717) is 0 Å². The average Bonchev–Trinajstić information content (AvgIpc) is 2.68. The number of benzene rings is 3. The fraction of sp³-hybridized carbons (Fsp3) is 0. The van der Waals surface area contributed by atoms with Crippen LogP contribution in [-0.4, -0.2) is 11.6 Å². The Kier molecular flexibility index (Phi) is 4.67. The van der Waals surface area contributed by atoms with E-state index in [0.717, 1.165) is 0 Å². The standard InChI is InChI=1S/C20H10F4O2/c21-15-13(19(25)11-7-3-1-4-8-11)16(22)18(24)14(17(15)23)20(26)12-9-5-2-6-10-12/h1-10H. The van der Waals surface area contributed by atoms with Crippen LogP contribution in [0.4, 0.5) is 17.6 Å². The monoisotopic (exact) mass is 358 g/mol. The second-order valence-corrected chi connectivity index (χ2v) is 5.40. The third-order valence-corrected chi connectivity index (χ3v) is 3.79. The molecule has 0 aromatic heterocycles. The van der Waals surface area contributed by atoms with Gasteiger partial charge in [0.2, 0.25) is 0 Å². The van der Waals surface area contributed by atoms with Crippen molar-refractivity contribution in [1.29, 1.82) is 0 Å². The minimum absolute atomic E-state index is 0.147. The van der Waals surface area contributed by atoms with E-state index in [1.165, 1.54) is 48.5 Å². The molecule has 0 amide bonds. The molecule has 0 radical (unpaired) electrons. The fourth-order valence-corrected chi connectivity index (χ4v) is 2.50. The Labute approximate surface area is 145 Å². The van der Waals surface area contributed by atoms with Crippen LogP contribution in [0.1, 0.15) is 31.8 Å². The first-order chi connectivity index (χ1) is 12.4. The number of carbonyl (C=O) groups is 2. The molecule has 130 valence electrons. The molecule has 2 nitrogen and oxygen atoms in total. The van der Waals surface area contributed by atoms with E-state index in [2.05, 4.69) is 0 Å². The Morgan fingerprint density at radius 3 is 1.04 bits per heavy atom. The molecule has 26 heavy (non-hydrogen) atoms. The molecule has 0 heterocycles. The van der Waals surface area contributed by atoms with Gasteiger partial charge in [0, 0.05) is 11.1 Å². The molecule has 3 rings (SSSR count). The summed E-state index contributed by atoms with van der Waals surface area (Å²) in [6, 6.07) is 13.9. The largest absolute Gasteiger partial charge is 0.288 e. The molecule has 0 N–H and O–H groups in total. The lowest BCUT2D eigenvalue weighted by atomic mass is 9.96. The van der Waals surface area contributed by atoms with Crippen molar-refractivity contribution in [3.05, 3.63) is 106 Å². The van der Waals surface area contributed by atoms with Crippen molar-refractivity contribution >= 4 is 11.6 Å². The Morgan fingerprint density at radius 1 is 0.500 bits per heavy atom. The maximum atomic E-state index is 14.4. The molecule has 0 spiro atoms. The van der Waals surface area contributed by atoms with Crippen LogP contribution in [0.3, 0.4) is 0 Å². The van der Waals surface area contributed by atoms with Gasteiger partial charge in [0.25, 0.3) is 0 Å². The van der Waals surface area contributed by atoms with Crippen LogP contribution in [0.2, 0.25) is 0 Å². The average molecular weight is 358 g/mol. The molecular weight excluding hydrogens is 348 g/mol. The zero-order chi connectivity index (χ0) is 18.8. The molecule has 0 atom stereocenters. The SMILES string of the molecule is O=C(c1ccccc1)c1c(F)c(F)c(C(=O)c2ccccc2)c(F)c1F. The van der Waals surface area contributed by atoms with Crippen molar-refractivity contribution in [3.8, 4) is 0 Å². The van der Waals surface area contributed by atoms with Crippen molar-refractivity contribution in [3.63, 3.8) is 0 Å². The summed E-state index contributed by atoms with van der Waals surface area (Å²) in [7, 11) is 0. The molecule has 3 aromatic rings.